The van der Waals surface area contributed by atoms with Gasteiger partial charge < -0.3 is 10.2 Å². The van der Waals surface area contributed by atoms with Crippen molar-refractivity contribution in [3.63, 3.8) is 0 Å². The Morgan fingerprint density at radius 2 is 1.80 bits per heavy atom. The summed E-state index contributed by atoms with van der Waals surface area (Å²) >= 11 is 6.14. The minimum atomic E-state index is -3.80. The van der Waals surface area contributed by atoms with Crippen LogP contribution in [0, 0.1) is 13.8 Å². The summed E-state index contributed by atoms with van der Waals surface area (Å²) in [4.78, 5) is 28.2. The first-order valence-electron chi connectivity index (χ1n) is 11.8. The van der Waals surface area contributed by atoms with E-state index in [0.29, 0.717) is 16.3 Å². The first-order valence-corrected chi connectivity index (χ1v) is 14.1. The van der Waals surface area contributed by atoms with E-state index in [9.17, 15) is 18.0 Å². The van der Waals surface area contributed by atoms with Crippen molar-refractivity contribution in [1.29, 1.82) is 0 Å². The van der Waals surface area contributed by atoms with Gasteiger partial charge in [0.05, 0.1) is 11.9 Å². The summed E-state index contributed by atoms with van der Waals surface area (Å²) in [5.74, 6) is -0.701. The third kappa shape index (κ3) is 7.21. The molecule has 0 saturated heterocycles. The lowest BCUT2D eigenvalue weighted by atomic mass is 10.1. The minimum absolute atomic E-state index is 0.113. The van der Waals surface area contributed by atoms with Gasteiger partial charge >= 0.3 is 0 Å². The van der Waals surface area contributed by atoms with Crippen LogP contribution in [-0.2, 0) is 26.2 Å². The second-order valence-electron chi connectivity index (χ2n) is 9.38. The fourth-order valence-corrected chi connectivity index (χ4v) is 5.49. The molecule has 1 N–H and O–H groups in total. The number of hydrogen-bond donors (Lipinski definition) is 1. The molecular formula is C26H34ClN3O4S. The molecule has 1 atom stereocenters. The standard InChI is InChI=1S/C26H34ClN3O4S/c1-18-8-7-9-21(14-18)16-29(20(3)26(32)28-23-10-5-6-11-23)25(31)17-30(35(4,33)34)24-15-22(27)13-12-19(24)2/h7-9,12-15,20,23H,5-6,10-11,16-17H2,1-4H3,(H,28,32). The normalized spacial score (nSPS) is 15.0. The van der Waals surface area contributed by atoms with Gasteiger partial charge in [0.2, 0.25) is 21.8 Å². The Hall–Kier alpha value is -2.58. The van der Waals surface area contributed by atoms with E-state index in [1.165, 1.54) is 11.0 Å². The van der Waals surface area contributed by atoms with Gasteiger partial charge in [-0.1, -0.05) is 60.3 Å². The number of rotatable bonds is 9. The number of carbonyl (C=O) groups is 2. The molecule has 1 unspecified atom stereocenters. The highest BCUT2D eigenvalue weighted by Gasteiger charge is 2.31. The molecule has 2 amide bonds. The van der Waals surface area contributed by atoms with E-state index in [2.05, 4.69) is 5.32 Å². The molecule has 0 aliphatic heterocycles. The Labute approximate surface area is 213 Å². The molecule has 9 heteroatoms. The third-order valence-corrected chi connectivity index (χ3v) is 7.78. The Morgan fingerprint density at radius 1 is 1.11 bits per heavy atom. The zero-order valence-electron chi connectivity index (χ0n) is 20.8. The number of sulfonamides is 1. The van der Waals surface area contributed by atoms with Gasteiger partial charge in [0.25, 0.3) is 0 Å². The minimum Gasteiger partial charge on any atom is -0.352 e. The molecule has 0 spiro atoms. The van der Waals surface area contributed by atoms with E-state index in [4.69, 9.17) is 11.6 Å². The second kappa shape index (κ2) is 11.4. The maximum Gasteiger partial charge on any atom is 0.244 e. The van der Waals surface area contributed by atoms with Crippen LogP contribution in [0.2, 0.25) is 5.02 Å². The number of carbonyl (C=O) groups excluding carboxylic acids is 2. The molecule has 0 bridgehead atoms. The molecule has 2 aromatic carbocycles. The van der Waals surface area contributed by atoms with Crippen molar-refractivity contribution >= 4 is 39.1 Å². The summed E-state index contributed by atoms with van der Waals surface area (Å²) < 4.78 is 26.5. The highest BCUT2D eigenvalue weighted by molar-refractivity contribution is 7.92. The Morgan fingerprint density at radius 3 is 2.43 bits per heavy atom. The van der Waals surface area contributed by atoms with Crippen molar-refractivity contribution in [3.8, 4) is 0 Å². The predicted molar refractivity (Wildman–Crippen MR) is 140 cm³/mol. The van der Waals surface area contributed by atoms with Crippen LogP contribution in [0.3, 0.4) is 0 Å². The molecule has 2 aromatic rings. The lowest BCUT2D eigenvalue weighted by molar-refractivity contribution is -0.139. The largest absolute Gasteiger partial charge is 0.352 e. The molecule has 1 aliphatic rings. The van der Waals surface area contributed by atoms with Crippen molar-refractivity contribution in [2.24, 2.45) is 0 Å². The SMILES string of the molecule is Cc1cccc(CN(C(=O)CN(c2cc(Cl)ccc2C)S(C)(=O)=O)C(C)C(=O)NC2CCCC2)c1. The summed E-state index contributed by atoms with van der Waals surface area (Å²) in [7, 11) is -3.80. The summed E-state index contributed by atoms with van der Waals surface area (Å²) in [6.07, 6.45) is 5.07. The van der Waals surface area contributed by atoms with Gasteiger partial charge in [-0.3, -0.25) is 13.9 Å². The fraction of sp³-hybridized carbons (Fsp3) is 0.462. The number of benzene rings is 2. The topological polar surface area (TPSA) is 86.8 Å². The van der Waals surface area contributed by atoms with Gasteiger partial charge in [-0.2, -0.15) is 0 Å². The van der Waals surface area contributed by atoms with Crippen LogP contribution in [0.1, 0.15) is 49.3 Å². The molecule has 0 heterocycles. The van der Waals surface area contributed by atoms with Gasteiger partial charge in [0.1, 0.15) is 12.6 Å². The van der Waals surface area contributed by atoms with Crippen LogP contribution in [-0.4, -0.2) is 50.0 Å². The number of hydrogen-bond acceptors (Lipinski definition) is 4. The summed E-state index contributed by atoms with van der Waals surface area (Å²) in [6.45, 7) is 5.15. The average molecular weight is 520 g/mol. The van der Waals surface area contributed by atoms with Crippen molar-refractivity contribution in [2.45, 2.75) is 65.1 Å². The first-order chi connectivity index (χ1) is 16.5. The molecule has 1 fully saturated rings. The molecule has 1 saturated carbocycles. The lowest BCUT2D eigenvalue weighted by Crippen LogP contribution is -2.52. The van der Waals surface area contributed by atoms with E-state index in [1.807, 2.05) is 31.2 Å². The van der Waals surface area contributed by atoms with E-state index >= 15 is 0 Å². The molecular weight excluding hydrogens is 486 g/mol. The molecule has 3 rings (SSSR count). The quantitative estimate of drug-likeness (QED) is 0.538. The van der Waals surface area contributed by atoms with Crippen LogP contribution in [0.5, 0.6) is 0 Å². The number of nitrogens with zero attached hydrogens (tertiary/aromatic N) is 2. The summed E-state index contributed by atoms with van der Waals surface area (Å²) in [5, 5.41) is 3.43. The number of aryl methyl sites for hydroxylation is 2. The van der Waals surface area contributed by atoms with E-state index in [0.717, 1.165) is 47.4 Å². The number of nitrogens with one attached hydrogen (secondary N) is 1. The van der Waals surface area contributed by atoms with Gasteiger partial charge in [-0.05, 0) is 56.9 Å². The summed E-state index contributed by atoms with van der Waals surface area (Å²) in [5.41, 5.74) is 2.91. The zero-order chi connectivity index (χ0) is 25.8. The van der Waals surface area contributed by atoms with E-state index < -0.39 is 28.5 Å². The van der Waals surface area contributed by atoms with Crippen LogP contribution in [0.4, 0.5) is 5.69 Å². The average Bonchev–Trinajstić information content (AvgIpc) is 3.29. The Kier molecular flexibility index (Phi) is 8.83. The third-order valence-electron chi connectivity index (χ3n) is 6.42. The summed E-state index contributed by atoms with van der Waals surface area (Å²) in [6, 6.07) is 12.0. The molecule has 35 heavy (non-hydrogen) atoms. The maximum absolute atomic E-state index is 13.6. The van der Waals surface area contributed by atoms with Crippen LogP contribution < -0.4 is 9.62 Å². The predicted octanol–water partition coefficient (Wildman–Crippen LogP) is 4.20. The maximum atomic E-state index is 13.6. The second-order valence-corrected chi connectivity index (χ2v) is 11.7. The number of halogens is 1. The van der Waals surface area contributed by atoms with Crippen LogP contribution in [0.25, 0.3) is 0 Å². The zero-order valence-corrected chi connectivity index (χ0v) is 22.3. The smallest absolute Gasteiger partial charge is 0.244 e. The molecule has 0 radical (unpaired) electrons. The van der Waals surface area contributed by atoms with Gasteiger partial charge in [-0.25, -0.2) is 8.42 Å². The Balaban J connectivity index is 1.91. The van der Waals surface area contributed by atoms with Crippen molar-refractivity contribution in [1.82, 2.24) is 10.2 Å². The van der Waals surface area contributed by atoms with E-state index in [-0.39, 0.29) is 18.5 Å². The number of anilines is 1. The number of amides is 2. The Bertz CT molecular complexity index is 1180. The molecule has 190 valence electrons. The highest BCUT2D eigenvalue weighted by atomic mass is 35.5. The van der Waals surface area contributed by atoms with Gasteiger partial charge in [0.15, 0.2) is 0 Å². The van der Waals surface area contributed by atoms with Crippen LogP contribution >= 0.6 is 11.6 Å². The van der Waals surface area contributed by atoms with Crippen molar-refractivity contribution < 1.29 is 18.0 Å². The first kappa shape index (κ1) is 27.0. The fourth-order valence-electron chi connectivity index (χ4n) is 4.43. The molecule has 1 aliphatic carbocycles. The van der Waals surface area contributed by atoms with Gasteiger partial charge in [-0.15, -0.1) is 0 Å². The molecule has 7 nitrogen and oxygen atoms in total. The van der Waals surface area contributed by atoms with Gasteiger partial charge in [0, 0.05) is 17.6 Å². The van der Waals surface area contributed by atoms with Crippen molar-refractivity contribution in [3.05, 3.63) is 64.2 Å². The lowest BCUT2D eigenvalue weighted by Gasteiger charge is -2.32. The van der Waals surface area contributed by atoms with Crippen molar-refractivity contribution in [2.75, 3.05) is 17.1 Å². The highest BCUT2D eigenvalue weighted by Crippen LogP contribution is 2.27. The monoisotopic (exact) mass is 519 g/mol. The van der Waals surface area contributed by atoms with Crippen LogP contribution in [0.15, 0.2) is 42.5 Å². The molecule has 0 aromatic heterocycles. The van der Waals surface area contributed by atoms with E-state index in [1.54, 1.807) is 26.0 Å².